The second-order valence-corrected chi connectivity index (χ2v) is 6.44. The molecule has 0 atom stereocenters. The van der Waals surface area contributed by atoms with Crippen molar-refractivity contribution < 1.29 is 9.53 Å². The Morgan fingerprint density at radius 1 is 1.18 bits per heavy atom. The largest absolute Gasteiger partial charge is 0.477 e. The summed E-state index contributed by atoms with van der Waals surface area (Å²) in [7, 11) is 0. The van der Waals surface area contributed by atoms with Gasteiger partial charge in [-0.15, -0.1) is 0 Å². The lowest BCUT2D eigenvalue weighted by Gasteiger charge is -2.17. The highest BCUT2D eigenvalue weighted by molar-refractivity contribution is 6.30. The Kier molecular flexibility index (Phi) is 5.93. The summed E-state index contributed by atoms with van der Waals surface area (Å²) in [5.74, 6) is -0.135. The number of carbonyl (C=O) groups is 1. The molecule has 3 aromatic rings. The highest BCUT2D eigenvalue weighted by Crippen LogP contribution is 2.35. The molecule has 1 N–H and O–H groups in total. The van der Waals surface area contributed by atoms with Gasteiger partial charge in [0.2, 0.25) is 5.88 Å². The molecular weight excluding hydrogens is 374 g/mol. The van der Waals surface area contributed by atoms with E-state index in [9.17, 15) is 10.1 Å². The van der Waals surface area contributed by atoms with E-state index in [2.05, 4.69) is 16.4 Å². The van der Waals surface area contributed by atoms with Crippen LogP contribution in [-0.2, 0) is 0 Å². The molecule has 0 saturated heterocycles. The number of para-hydroxylation sites is 1. The summed E-state index contributed by atoms with van der Waals surface area (Å²) < 4.78 is 5.56. The fraction of sp³-hybridized carbons (Fsp3) is 0.136. The van der Waals surface area contributed by atoms with Crippen LogP contribution in [0.3, 0.4) is 0 Å². The van der Waals surface area contributed by atoms with Gasteiger partial charge in [0.05, 0.1) is 17.9 Å². The molecule has 1 amide bonds. The number of nitrogens with one attached hydrogen (secondary N) is 1. The third kappa shape index (κ3) is 3.98. The van der Waals surface area contributed by atoms with Gasteiger partial charge in [-0.25, -0.2) is 4.98 Å². The van der Waals surface area contributed by atoms with Gasteiger partial charge in [0.25, 0.3) is 5.91 Å². The minimum Gasteiger partial charge on any atom is -0.477 e. The SMILES string of the molecule is CCOc1nc(C)c(C(=O)Nc2ccccc2)c(-c2ccc(Cl)cc2)c1C#N. The predicted octanol–water partition coefficient (Wildman–Crippen LogP) is 5.23. The van der Waals surface area contributed by atoms with E-state index in [-0.39, 0.29) is 17.4 Å². The Bertz CT molecular complexity index is 1040. The van der Waals surface area contributed by atoms with Crippen molar-refractivity contribution in [1.29, 1.82) is 5.26 Å². The van der Waals surface area contributed by atoms with Gasteiger partial charge in [-0.3, -0.25) is 4.79 Å². The van der Waals surface area contributed by atoms with E-state index in [0.717, 1.165) is 0 Å². The second-order valence-electron chi connectivity index (χ2n) is 6.00. The van der Waals surface area contributed by atoms with Crippen LogP contribution in [0.2, 0.25) is 5.02 Å². The zero-order chi connectivity index (χ0) is 20.1. The topological polar surface area (TPSA) is 75.0 Å². The maximum Gasteiger partial charge on any atom is 0.258 e. The lowest BCUT2D eigenvalue weighted by atomic mass is 9.94. The Hall–Kier alpha value is -3.36. The van der Waals surface area contributed by atoms with Crippen molar-refractivity contribution in [3.63, 3.8) is 0 Å². The summed E-state index contributed by atoms with van der Waals surface area (Å²) in [5, 5.41) is 13.2. The lowest BCUT2D eigenvalue weighted by Crippen LogP contribution is -2.17. The van der Waals surface area contributed by atoms with Crippen LogP contribution in [0.4, 0.5) is 5.69 Å². The van der Waals surface area contributed by atoms with E-state index in [4.69, 9.17) is 16.3 Å². The Labute approximate surface area is 168 Å². The Balaban J connectivity index is 2.21. The first-order chi connectivity index (χ1) is 13.5. The molecule has 0 aliphatic carbocycles. The zero-order valence-corrected chi connectivity index (χ0v) is 16.2. The van der Waals surface area contributed by atoms with Crippen molar-refractivity contribution in [3.8, 4) is 23.1 Å². The number of aryl methyl sites for hydroxylation is 1. The fourth-order valence-electron chi connectivity index (χ4n) is 2.92. The number of carbonyl (C=O) groups excluding carboxylic acids is 1. The summed E-state index contributed by atoms with van der Waals surface area (Å²) >= 11 is 6.01. The van der Waals surface area contributed by atoms with Gasteiger partial charge in [0.15, 0.2) is 0 Å². The number of hydrogen-bond donors (Lipinski definition) is 1. The van der Waals surface area contributed by atoms with Gasteiger partial charge in [0, 0.05) is 16.3 Å². The number of benzene rings is 2. The van der Waals surface area contributed by atoms with Crippen molar-refractivity contribution in [3.05, 3.63) is 76.4 Å². The summed E-state index contributed by atoms with van der Waals surface area (Å²) in [6.45, 7) is 3.90. The highest BCUT2D eigenvalue weighted by atomic mass is 35.5. The minimum absolute atomic E-state index is 0.212. The first-order valence-electron chi connectivity index (χ1n) is 8.75. The molecule has 2 aromatic carbocycles. The smallest absolute Gasteiger partial charge is 0.258 e. The van der Waals surface area contributed by atoms with Crippen LogP contribution in [0.25, 0.3) is 11.1 Å². The van der Waals surface area contributed by atoms with E-state index in [1.807, 2.05) is 25.1 Å². The van der Waals surface area contributed by atoms with Crippen LogP contribution in [0, 0.1) is 18.3 Å². The molecule has 0 unspecified atom stereocenters. The number of aromatic nitrogens is 1. The lowest BCUT2D eigenvalue weighted by molar-refractivity contribution is 0.102. The molecule has 1 aromatic heterocycles. The molecule has 0 aliphatic heterocycles. The summed E-state index contributed by atoms with van der Waals surface area (Å²) in [4.78, 5) is 17.5. The van der Waals surface area contributed by atoms with Crippen molar-refractivity contribution in [1.82, 2.24) is 4.98 Å². The Morgan fingerprint density at radius 3 is 2.46 bits per heavy atom. The normalized spacial score (nSPS) is 10.2. The first kappa shape index (κ1) is 19.4. The van der Waals surface area contributed by atoms with E-state index < -0.39 is 0 Å². The number of rotatable bonds is 5. The van der Waals surface area contributed by atoms with Crippen molar-refractivity contribution in [2.24, 2.45) is 0 Å². The fourth-order valence-corrected chi connectivity index (χ4v) is 3.05. The molecule has 1 heterocycles. The molecule has 6 heteroatoms. The average molecular weight is 392 g/mol. The quantitative estimate of drug-likeness (QED) is 0.645. The van der Waals surface area contributed by atoms with Crippen molar-refractivity contribution >= 4 is 23.2 Å². The van der Waals surface area contributed by atoms with E-state index in [0.29, 0.717) is 39.7 Å². The van der Waals surface area contributed by atoms with E-state index in [1.165, 1.54) is 0 Å². The predicted molar refractivity (Wildman–Crippen MR) is 110 cm³/mol. The molecule has 140 valence electrons. The summed E-state index contributed by atoms with van der Waals surface area (Å²) in [6, 6.07) is 18.2. The van der Waals surface area contributed by atoms with Gasteiger partial charge in [-0.2, -0.15) is 5.26 Å². The van der Waals surface area contributed by atoms with Gasteiger partial charge in [0.1, 0.15) is 11.6 Å². The highest BCUT2D eigenvalue weighted by Gasteiger charge is 2.25. The molecule has 0 bridgehead atoms. The molecule has 0 radical (unpaired) electrons. The van der Waals surface area contributed by atoms with Gasteiger partial charge < -0.3 is 10.1 Å². The standard InChI is InChI=1S/C22H18ClN3O2/c1-3-28-22-18(13-24)20(15-9-11-16(23)12-10-15)19(14(2)25-22)21(27)26-17-7-5-4-6-8-17/h4-12H,3H2,1-2H3,(H,26,27). The molecule has 0 spiro atoms. The van der Waals surface area contributed by atoms with Crippen LogP contribution in [0.5, 0.6) is 5.88 Å². The zero-order valence-electron chi connectivity index (χ0n) is 15.5. The first-order valence-corrected chi connectivity index (χ1v) is 9.12. The van der Waals surface area contributed by atoms with Crippen molar-refractivity contribution in [2.75, 3.05) is 11.9 Å². The van der Waals surface area contributed by atoms with Gasteiger partial charge in [-0.1, -0.05) is 41.9 Å². The molecule has 0 aliphatic rings. The van der Waals surface area contributed by atoms with E-state index in [1.54, 1.807) is 43.3 Å². The second kappa shape index (κ2) is 8.55. The number of anilines is 1. The van der Waals surface area contributed by atoms with Gasteiger partial charge >= 0.3 is 0 Å². The minimum atomic E-state index is -0.347. The Morgan fingerprint density at radius 2 is 1.86 bits per heavy atom. The van der Waals surface area contributed by atoms with Crippen LogP contribution in [0.15, 0.2) is 54.6 Å². The molecule has 3 rings (SSSR count). The van der Waals surface area contributed by atoms with Crippen molar-refractivity contribution in [2.45, 2.75) is 13.8 Å². The number of hydrogen-bond acceptors (Lipinski definition) is 4. The number of nitriles is 1. The average Bonchev–Trinajstić information content (AvgIpc) is 2.69. The van der Waals surface area contributed by atoms with Crippen LogP contribution in [-0.4, -0.2) is 17.5 Å². The molecule has 5 nitrogen and oxygen atoms in total. The molecular formula is C22H18ClN3O2. The molecule has 0 fully saturated rings. The van der Waals surface area contributed by atoms with Crippen LogP contribution >= 0.6 is 11.6 Å². The number of pyridine rings is 1. The van der Waals surface area contributed by atoms with E-state index >= 15 is 0 Å². The monoisotopic (exact) mass is 391 g/mol. The third-order valence-electron chi connectivity index (χ3n) is 4.13. The summed E-state index contributed by atoms with van der Waals surface area (Å²) in [6.07, 6.45) is 0. The van der Waals surface area contributed by atoms with Crippen LogP contribution in [0.1, 0.15) is 28.5 Å². The number of amides is 1. The third-order valence-corrected chi connectivity index (χ3v) is 4.38. The molecule has 28 heavy (non-hydrogen) atoms. The number of ether oxygens (including phenoxy) is 1. The summed E-state index contributed by atoms with van der Waals surface area (Å²) in [5.41, 5.74) is 2.83. The maximum absolute atomic E-state index is 13.1. The van der Waals surface area contributed by atoms with Crippen LogP contribution < -0.4 is 10.1 Å². The maximum atomic E-state index is 13.1. The number of nitrogens with zero attached hydrogens (tertiary/aromatic N) is 2. The molecule has 0 saturated carbocycles. The van der Waals surface area contributed by atoms with Gasteiger partial charge in [-0.05, 0) is 43.7 Å². The number of halogens is 1.